The van der Waals surface area contributed by atoms with E-state index in [0.717, 1.165) is 24.9 Å². The Morgan fingerprint density at radius 3 is 2.67 bits per heavy atom. The minimum Gasteiger partial charge on any atom is -0.355 e. The zero-order chi connectivity index (χ0) is 11.3. The van der Waals surface area contributed by atoms with E-state index in [1.54, 1.807) is 6.92 Å². The van der Waals surface area contributed by atoms with E-state index in [-0.39, 0.29) is 5.91 Å². The first-order valence-electron chi connectivity index (χ1n) is 6.07. The van der Waals surface area contributed by atoms with E-state index in [1.165, 1.54) is 19.3 Å². The molecule has 1 fully saturated rings. The molecule has 3 atom stereocenters. The van der Waals surface area contributed by atoms with Gasteiger partial charge in [0.15, 0.2) is 0 Å². The number of carbonyl (C=O) groups is 1. The lowest BCUT2D eigenvalue weighted by Crippen LogP contribution is -2.42. The molecule has 3 unspecified atom stereocenters. The van der Waals surface area contributed by atoms with Crippen LogP contribution in [0, 0.1) is 11.8 Å². The van der Waals surface area contributed by atoms with Crippen molar-refractivity contribution in [3.05, 3.63) is 0 Å². The molecule has 2 N–H and O–H groups in total. The Labute approximate surface area is 93.0 Å². The van der Waals surface area contributed by atoms with Gasteiger partial charge in [-0.1, -0.05) is 20.3 Å². The second kappa shape index (κ2) is 6.11. The van der Waals surface area contributed by atoms with Crippen molar-refractivity contribution in [1.29, 1.82) is 0 Å². The van der Waals surface area contributed by atoms with Crippen molar-refractivity contribution in [3.8, 4) is 0 Å². The fraction of sp³-hybridized carbons (Fsp3) is 0.917. The predicted molar refractivity (Wildman–Crippen MR) is 62.7 cm³/mol. The summed E-state index contributed by atoms with van der Waals surface area (Å²) >= 11 is 0. The minimum atomic E-state index is 0.0573. The van der Waals surface area contributed by atoms with E-state index in [1.807, 2.05) is 0 Å². The van der Waals surface area contributed by atoms with Gasteiger partial charge in [-0.25, -0.2) is 0 Å². The molecule has 3 heteroatoms. The van der Waals surface area contributed by atoms with Crippen LogP contribution in [0.2, 0.25) is 0 Å². The number of amides is 1. The summed E-state index contributed by atoms with van der Waals surface area (Å²) in [6.45, 7) is 7.84. The van der Waals surface area contributed by atoms with Gasteiger partial charge in [0.05, 0.1) is 0 Å². The van der Waals surface area contributed by atoms with E-state index in [9.17, 15) is 4.79 Å². The van der Waals surface area contributed by atoms with E-state index in [0.29, 0.717) is 6.04 Å². The largest absolute Gasteiger partial charge is 0.355 e. The van der Waals surface area contributed by atoms with Crippen LogP contribution in [0.25, 0.3) is 0 Å². The lowest BCUT2D eigenvalue weighted by Gasteiger charge is -2.33. The maximum absolute atomic E-state index is 10.7. The Hall–Kier alpha value is -0.570. The van der Waals surface area contributed by atoms with Crippen LogP contribution in [-0.2, 0) is 4.79 Å². The zero-order valence-electron chi connectivity index (χ0n) is 10.2. The highest BCUT2D eigenvalue weighted by molar-refractivity contribution is 5.72. The summed E-state index contributed by atoms with van der Waals surface area (Å²) in [5, 5.41) is 6.35. The molecule has 0 aromatic heterocycles. The third-order valence-corrected chi connectivity index (χ3v) is 3.36. The first-order valence-corrected chi connectivity index (χ1v) is 6.07. The van der Waals surface area contributed by atoms with Crippen LogP contribution in [0.5, 0.6) is 0 Å². The van der Waals surface area contributed by atoms with Gasteiger partial charge < -0.3 is 10.6 Å². The Bertz CT molecular complexity index is 206. The lowest BCUT2D eigenvalue weighted by molar-refractivity contribution is -0.118. The average molecular weight is 212 g/mol. The van der Waals surface area contributed by atoms with Crippen molar-refractivity contribution in [2.75, 3.05) is 13.1 Å². The van der Waals surface area contributed by atoms with Crippen molar-refractivity contribution in [1.82, 2.24) is 10.6 Å². The summed E-state index contributed by atoms with van der Waals surface area (Å²) in [7, 11) is 0. The highest BCUT2D eigenvalue weighted by Crippen LogP contribution is 2.28. The molecule has 0 heterocycles. The zero-order valence-corrected chi connectivity index (χ0v) is 10.2. The second-order valence-corrected chi connectivity index (χ2v) is 4.94. The molecular weight excluding hydrogens is 188 g/mol. The van der Waals surface area contributed by atoms with Gasteiger partial charge in [0.25, 0.3) is 0 Å². The number of hydrogen-bond donors (Lipinski definition) is 2. The molecule has 0 spiro atoms. The summed E-state index contributed by atoms with van der Waals surface area (Å²) in [6, 6.07) is 0.641. The van der Waals surface area contributed by atoms with Gasteiger partial charge in [-0.15, -0.1) is 0 Å². The monoisotopic (exact) mass is 212 g/mol. The molecule has 1 saturated carbocycles. The Kier molecular flexibility index (Phi) is 5.09. The molecule has 0 aliphatic heterocycles. The summed E-state index contributed by atoms with van der Waals surface area (Å²) in [5.74, 6) is 1.68. The Balaban J connectivity index is 2.16. The van der Waals surface area contributed by atoms with Gasteiger partial charge in [0.2, 0.25) is 5.91 Å². The van der Waals surface area contributed by atoms with Crippen molar-refractivity contribution >= 4 is 5.91 Å². The summed E-state index contributed by atoms with van der Waals surface area (Å²) < 4.78 is 0. The van der Waals surface area contributed by atoms with Crippen LogP contribution in [0.3, 0.4) is 0 Å². The highest BCUT2D eigenvalue weighted by Gasteiger charge is 2.24. The van der Waals surface area contributed by atoms with E-state index < -0.39 is 0 Å². The fourth-order valence-electron chi connectivity index (χ4n) is 2.31. The molecule has 1 rings (SSSR count). The number of carbonyl (C=O) groups excluding carboxylic acids is 1. The predicted octanol–water partition coefficient (Wildman–Crippen LogP) is 1.54. The van der Waals surface area contributed by atoms with Crippen LogP contribution < -0.4 is 10.6 Å². The quantitative estimate of drug-likeness (QED) is 0.694. The van der Waals surface area contributed by atoms with E-state index in [4.69, 9.17) is 0 Å². The van der Waals surface area contributed by atoms with Crippen LogP contribution in [-0.4, -0.2) is 25.0 Å². The SMILES string of the molecule is CC(=O)NCCNC1CC(C)CCC1C. The first kappa shape index (κ1) is 12.5. The second-order valence-electron chi connectivity index (χ2n) is 4.94. The third-order valence-electron chi connectivity index (χ3n) is 3.36. The van der Waals surface area contributed by atoms with Crippen molar-refractivity contribution in [3.63, 3.8) is 0 Å². The number of hydrogen-bond acceptors (Lipinski definition) is 2. The lowest BCUT2D eigenvalue weighted by atomic mass is 9.80. The smallest absolute Gasteiger partial charge is 0.216 e. The van der Waals surface area contributed by atoms with Crippen molar-refractivity contribution in [2.24, 2.45) is 11.8 Å². The maximum atomic E-state index is 10.7. The highest BCUT2D eigenvalue weighted by atomic mass is 16.1. The molecule has 0 aromatic rings. The normalized spacial score (nSPS) is 31.3. The van der Waals surface area contributed by atoms with Gasteiger partial charge >= 0.3 is 0 Å². The standard InChI is InChI=1S/C12H24N2O/c1-9-4-5-10(2)12(8-9)14-7-6-13-11(3)15/h9-10,12,14H,4-8H2,1-3H3,(H,13,15). The van der Waals surface area contributed by atoms with Gasteiger partial charge in [0, 0.05) is 26.1 Å². The van der Waals surface area contributed by atoms with Crippen molar-refractivity contribution < 1.29 is 4.79 Å². The maximum Gasteiger partial charge on any atom is 0.216 e. The van der Waals surface area contributed by atoms with Crippen LogP contribution >= 0.6 is 0 Å². The summed E-state index contributed by atoms with van der Waals surface area (Å²) in [4.78, 5) is 10.7. The summed E-state index contributed by atoms with van der Waals surface area (Å²) in [5.41, 5.74) is 0. The van der Waals surface area contributed by atoms with Crippen LogP contribution in [0.15, 0.2) is 0 Å². The van der Waals surface area contributed by atoms with Gasteiger partial charge in [-0.3, -0.25) is 4.79 Å². The van der Waals surface area contributed by atoms with Crippen molar-refractivity contribution in [2.45, 2.75) is 46.1 Å². The molecule has 88 valence electrons. The van der Waals surface area contributed by atoms with Gasteiger partial charge in [0.1, 0.15) is 0 Å². The summed E-state index contributed by atoms with van der Waals surface area (Å²) in [6.07, 6.45) is 3.98. The molecule has 3 nitrogen and oxygen atoms in total. The molecule has 0 bridgehead atoms. The van der Waals surface area contributed by atoms with Gasteiger partial charge in [-0.05, 0) is 24.7 Å². The topological polar surface area (TPSA) is 41.1 Å². The first-order chi connectivity index (χ1) is 7.09. The van der Waals surface area contributed by atoms with Crippen LogP contribution in [0.1, 0.15) is 40.0 Å². The average Bonchev–Trinajstić information content (AvgIpc) is 2.17. The molecule has 1 aliphatic rings. The van der Waals surface area contributed by atoms with Gasteiger partial charge in [-0.2, -0.15) is 0 Å². The molecule has 1 aliphatic carbocycles. The fourth-order valence-corrected chi connectivity index (χ4v) is 2.31. The molecule has 1 amide bonds. The number of rotatable bonds is 4. The Morgan fingerprint density at radius 1 is 1.27 bits per heavy atom. The molecule has 0 aromatic carbocycles. The Morgan fingerprint density at radius 2 is 2.00 bits per heavy atom. The molecular formula is C12H24N2O. The third kappa shape index (κ3) is 4.65. The molecule has 15 heavy (non-hydrogen) atoms. The molecule has 0 saturated heterocycles. The minimum absolute atomic E-state index is 0.0573. The van der Waals surface area contributed by atoms with Crippen LogP contribution in [0.4, 0.5) is 0 Å². The van der Waals surface area contributed by atoms with E-state index in [2.05, 4.69) is 24.5 Å². The number of nitrogens with one attached hydrogen (secondary N) is 2. The molecule has 0 radical (unpaired) electrons. The van der Waals surface area contributed by atoms with E-state index >= 15 is 0 Å².